The van der Waals surface area contributed by atoms with Crippen molar-refractivity contribution in [1.29, 1.82) is 0 Å². The molecule has 1 N–H and O–H groups in total. The minimum atomic E-state index is -6.15. The standard InChI is InChI=1S/C22H18F7N3O5S3/c1-39(34,35)19-31-30-18(38-19)11-15-6-2-12-10-13(20(33,21(24,25)26)22(27,28)29)3-9-17(12)32(15)40(36,37)16-7-4-14(23)5-8-16/h3-5,7-10,15,33H,2,6,11H2,1H3. The van der Waals surface area contributed by atoms with Crippen molar-refractivity contribution in [2.24, 2.45) is 0 Å². The summed E-state index contributed by atoms with van der Waals surface area (Å²) in [5, 5.41) is 17.3. The third kappa shape index (κ3) is 5.28. The van der Waals surface area contributed by atoms with Gasteiger partial charge in [-0.1, -0.05) is 23.5 Å². The van der Waals surface area contributed by atoms with E-state index in [1.807, 2.05) is 0 Å². The molecule has 3 aromatic rings. The van der Waals surface area contributed by atoms with Gasteiger partial charge in [0.05, 0.1) is 16.6 Å². The fourth-order valence-corrected chi connectivity index (χ4v) is 7.69. The average molecular weight is 634 g/mol. The highest BCUT2D eigenvalue weighted by Gasteiger charge is 2.71. The summed E-state index contributed by atoms with van der Waals surface area (Å²) in [6, 6.07) is 4.05. The van der Waals surface area contributed by atoms with Crippen LogP contribution in [0.4, 0.5) is 36.4 Å². The van der Waals surface area contributed by atoms with Crippen LogP contribution in [-0.2, 0) is 38.3 Å². The first kappa shape index (κ1) is 30.1. The van der Waals surface area contributed by atoms with Crippen LogP contribution in [0.2, 0.25) is 0 Å². The molecule has 0 bridgehead atoms. The summed E-state index contributed by atoms with van der Waals surface area (Å²) in [6.45, 7) is 0. The highest BCUT2D eigenvalue weighted by atomic mass is 32.2. The fraction of sp³-hybridized carbons (Fsp3) is 0.364. The molecule has 1 aliphatic heterocycles. The topological polar surface area (TPSA) is 118 Å². The SMILES string of the molecule is CS(=O)(=O)c1nnc(CC2CCc3cc(C(O)(C(F)(F)F)C(F)(F)F)ccc3N2S(=O)(=O)c2ccc(F)cc2)s1. The predicted octanol–water partition coefficient (Wildman–Crippen LogP) is 4.15. The molecule has 1 atom stereocenters. The lowest BCUT2D eigenvalue weighted by Crippen LogP contribution is -2.54. The second-order valence-electron chi connectivity index (χ2n) is 8.93. The second kappa shape index (κ2) is 9.92. The van der Waals surface area contributed by atoms with Gasteiger partial charge in [-0.2, -0.15) is 26.3 Å². The summed E-state index contributed by atoms with van der Waals surface area (Å²) < 4.78 is 146. The maximum absolute atomic E-state index is 13.7. The molecule has 8 nitrogen and oxygen atoms in total. The second-order valence-corrected chi connectivity index (χ2v) is 14.0. The van der Waals surface area contributed by atoms with Crippen LogP contribution in [-0.4, -0.2) is 56.8 Å². The number of sulfone groups is 1. The fourth-order valence-electron chi connectivity index (χ4n) is 4.25. The average Bonchev–Trinajstić information content (AvgIpc) is 3.31. The molecule has 0 amide bonds. The zero-order valence-corrected chi connectivity index (χ0v) is 22.5. The van der Waals surface area contributed by atoms with Crippen LogP contribution in [0.5, 0.6) is 0 Å². The van der Waals surface area contributed by atoms with Gasteiger partial charge in [-0.3, -0.25) is 4.31 Å². The molecule has 1 unspecified atom stereocenters. The molecule has 40 heavy (non-hydrogen) atoms. The maximum Gasteiger partial charge on any atom is 0.430 e. The quantitative estimate of drug-likeness (QED) is 0.406. The smallest absolute Gasteiger partial charge is 0.369 e. The van der Waals surface area contributed by atoms with Crippen LogP contribution in [0.3, 0.4) is 0 Å². The molecule has 0 aliphatic carbocycles. The monoisotopic (exact) mass is 633 g/mol. The number of aromatic nitrogens is 2. The van der Waals surface area contributed by atoms with Crippen molar-refractivity contribution in [3.63, 3.8) is 0 Å². The first-order valence-electron chi connectivity index (χ1n) is 11.1. The van der Waals surface area contributed by atoms with Crippen LogP contribution in [0.25, 0.3) is 0 Å². The zero-order chi connectivity index (χ0) is 29.9. The van der Waals surface area contributed by atoms with Crippen molar-refractivity contribution in [3.05, 3.63) is 64.4 Å². The molecule has 0 saturated carbocycles. The summed E-state index contributed by atoms with van der Waals surface area (Å²) >= 11 is 0.672. The number of hydrogen-bond donors (Lipinski definition) is 1. The van der Waals surface area contributed by atoms with Crippen LogP contribution in [0.15, 0.2) is 51.7 Å². The molecule has 2 heterocycles. The zero-order valence-electron chi connectivity index (χ0n) is 20.0. The highest BCUT2D eigenvalue weighted by molar-refractivity contribution is 7.93. The minimum absolute atomic E-state index is 0.105. The third-order valence-corrected chi connectivity index (χ3v) is 10.7. The van der Waals surface area contributed by atoms with E-state index in [0.717, 1.165) is 40.9 Å². The van der Waals surface area contributed by atoms with E-state index in [-0.39, 0.29) is 39.9 Å². The van der Waals surface area contributed by atoms with Gasteiger partial charge in [-0.15, -0.1) is 10.2 Å². The number of sulfonamides is 1. The van der Waals surface area contributed by atoms with Gasteiger partial charge in [0.1, 0.15) is 10.8 Å². The maximum atomic E-state index is 13.7. The number of fused-ring (bicyclic) bond motifs is 1. The van der Waals surface area contributed by atoms with Crippen LogP contribution in [0, 0.1) is 5.82 Å². The van der Waals surface area contributed by atoms with Crippen LogP contribution >= 0.6 is 11.3 Å². The number of anilines is 1. The van der Waals surface area contributed by atoms with Crippen molar-refractivity contribution in [3.8, 4) is 0 Å². The van der Waals surface area contributed by atoms with E-state index in [1.165, 1.54) is 0 Å². The van der Waals surface area contributed by atoms with Gasteiger partial charge in [0.25, 0.3) is 15.6 Å². The number of nitrogens with zero attached hydrogens (tertiary/aromatic N) is 3. The molecular formula is C22H18F7N3O5S3. The lowest BCUT2D eigenvalue weighted by Gasteiger charge is -2.39. The Balaban J connectivity index is 1.85. The Morgan fingerprint density at radius 2 is 1.57 bits per heavy atom. The molecule has 0 spiro atoms. The molecule has 18 heteroatoms. The summed E-state index contributed by atoms with van der Waals surface area (Å²) in [5.74, 6) is -0.764. The van der Waals surface area contributed by atoms with E-state index < -0.39 is 60.1 Å². The lowest BCUT2D eigenvalue weighted by molar-refractivity contribution is -0.376. The van der Waals surface area contributed by atoms with Gasteiger partial charge in [0.15, 0.2) is 0 Å². The van der Waals surface area contributed by atoms with Crippen LogP contribution < -0.4 is 4.31 Å². The van der Waals surface area contributed by atoms with Gasteiger partial charge >= 0.3 is 12.4 Å². The minimum Gasteiger partial charge on any atom is -0.369 e. The molecule has 0 radical (unpaired) electrons. The summed E-state index contributed by atoms with van der Waals surface area (Å²) in [5.41, 5.74) is -7.28. The molecule has 218 valence electrons. The Bertz CT molecular complexity index is 1620. The summed E-state index contributed by atoms with van der Waals surface area (Å²) in [7, 11) is -8.32. The van der Waals surface area contributed by atoms with Gasteiger partial charge in [0, 0.05) is 18.2 Å². The van der Waals surface area contributed by atoms with Gasteiger partial charge in [-0.05, 0) is 48.7 Å². The van der Waals surface area contributed by atoms with Gasteiger partial charge < -0.3 is 5.11 Å². The van der Waals surface area contributed by atoms with Crippen molar-refractivity contribution < 1.29 is 52.7 Å². The predicted molar refractivity (Wildman–Crippen MR) is 127 cm³/mol. The number of aryl methyl sites for hydroxylation is 1. The molecule has 4 rings (SSSR count). The first-order chi connectivity index (χ1) is 18.3. The highest BCUT2D eigenvalue weighted by Crippen LogP contribution is 2.51. The van der Waals surface area contributed by atoms with E-state index in [1.54, 1.807) is 0 Å². The van der Waals surface area contributed by atoms with Gasteiger partial charge in [0.2, 0.25) is 14.2 Å². The largest absolute Gasteiger partial charge is 0.430 e. The molecule has 2 aromatic carbocycles. The van der Waals surface area contributed by atoms with Crippen molar-refractivity contribution in [2.75, 3.05) is 10.6 Å². The number of halogens is 7. The van der Waals surface area contributed by atoms with Crippen molar-refractivity contribution in [1.82, 2.24) is 10.2 Å². The normalized spacial score (nSPS) is 17.1. The van der Waals surface area contributed by atoms with E-state index in [4.69, 9.17) is 0 Å². The van der Waals surface area contributed by atoms with E-state index in [0.29, 0.717) is 23.5 Å². The molecular weight excluding hydrogens is 615 g/mol. The Morgan fingerprint density at radius 1 is 0.975 bits per heavy atom. The molecule has 0 fully saturated rings. The van der Waals surface area contributed by atoms with Crippen molar-refractivity contribution >= 4 is 36.9 Å². The Kier molecular flexibility index (Phi) is 7.47. The number of rotatable bonds is 6. The molecule has 1 aromatic heterocycles. The molecule has 0 saturated heterocycles. The van der Waals surface area contributed by atoms with Crippen molar-refractivity contribution in [2.45, 2.75) is 52.5 Å². The van der Waals surface area contributed by atoms with Crippen LogP contribution in [0.1, 0.15) is 22.6 Å². The van der Waals surface area contributed by atoms with E-state index >= 15 is 0 Å². The Morgan fingerprint density at radius 3 is 2.10 bits per heavy atom. The summed E-state index contributed by atoms with van der Waals surface area (Å²) in [6.07, 6.45) is -11.9. The number of hydrogen-bond acceptors (Lipinski definition) is 8. The number of benzene rings is 2. The number of alkyl halides is 6. The molecule has 1 aliphatic rings. The van der Waals surface area contributed by atoms with E-state index in [9.17, 15) is 52.7 Å². The number of aliphatic hydroxyl groups is 1. The summed E-state index contributed by atoms with van der Waals surface area (Å²) in [4.78, 5) is -0.424. The lowest BCUT2D eigenvalue weighted by atomic mass is 9.87. The van der Waals surface area contributed by atoms with Gasteiger partial charge in [-0.25, -0.2) is 21.2 Å². The third-order valence-electron chi connectivity index (χ3n) is 6.18. The first-order valence-corrected chi connectivity index (χ1v) is 15.2. The van der Waals surface area contributed by atoms with E-state index in [2.05, 4.69) is 10.2 Å². The Hall–Kier alpha value is -2.83. The Labute approximate surface area is 227 Å².